The van der Waals surface area contributed by atoms with E-state index in [1.54, 1.807) is 0 Å². The molecule has 1 saturated heterocycles. The molecular weight excluding hydrogens is 228 g/mol. The molecule has 0 bridgehead atoms. The van der Waals surface area contributed by atoms with E-state index in [0.717, 1.165) is 25.4 Å². The van der Waals surface area contributed by atoms with Gasteiger partial charge in [0.25, 0.3) is 0 Å². The summed E-state index contributed by atoms with van der Waals surface area (Å²) in [6, 6.07) is 0. The molecule has 1 amide bonds. The van der Waals surface area contributed by atoms with Crippen LogP contribution in [0.1, 0.15) is 52.9 Å². The average Bonchev–Trinajstić information content (AvgIpc) is 2.50. The molecule has 4 heteroatoms. The SMILES string of the molecule is CC(C)(C)OC(=O)NCCCC1CCCCNC1. The van der Waals surface area contributed by atoms with Crippen LogP contribution in [0, 0.1) is 5.92 Å². The van der Waals surface area contributed by atoms with Gasteiger partial charge in [-0.2, -0.15) is 0 Å². The maximum absolute atomic E-state index is 11.4. The van der Waals surface area contributed by atoms with E-state index < -0.39 is 5.60 Å². The average molecular weight is 256 g/mol. The zero-order valence-corrected chi connectivity index (χ0v) is 12.1. The van der Waals surface area contributed by atoms with Gasteiger partial charge in [0.2, 0.25) is 0 Å². The van der Waals surface area contributed by atoms with Crippen LogP contribution in [0.5, 0.6) is 0 Å². The van der Waals surface area contributed by atoms with Gasteiger partial charge < -0.3 is 15.4 Å². The standard InChI is InChI=1S/C14H28N2O2/c1-14(2,3)18-13(17)16-10-6-8-12-7-4-5-9-15-11-12/h12,15H,4-11H2,1-3H3,(H,16,17). The Morgan fingerprint density at radius 1 is 1.39 bits per heavy atom. The molecule has 1 rings (SSSR count). The highest BCUT2D eigenvalue weighted by molar-refractivity contribution is 5.67. The number of alkyl carbamates (subject to hydrolysis) is 1. The Morgan fingerprint density at radius 2 is 2.17 bits per heavy atom. The number of amides is 1. The van der Waals surface area contributed by atoms with Crippen LogP contribution in [0.4, 0.5) is 4.79 Å². The minimum Gasteiger partial charge on any atom is -0.444 e. The van der Waals surface area contributed by atoms with Gasteiger partial charge in [-0.15, -0.1) is 0 Å². The molecule has 2 N–H and O–H groups in total. The molecule has 0 aliphatic carbocycles. The Balaban J connectivity index is 2.05. The number of hydrogen-bond donors (Lipinski definition) is 2. The topological polar surface area (TPSA) is 50.4 Å². The van der Waals surface area contributed by atoms with Crippen molar-refractivity contribution in [2.45, 2.75) is 58.5 Å². The summed E-state index contributed by atoms with van der Waals surface area (Å²) in [5.41, 5.74) is -0.407. The van der Waals surface area contributed by atoms with E-state index >= 15 is 0 Å². The monoisotopic (exact) mass is 256 g/mol. The van der Waals surface area contributed by atoms with Gasteiger partial charge in [-0.05, 0) is 65.5 Å². The van der Waals surface area contributed by atoms with E-state index in [-0.39, 0.29) is 6.09 Å². The Hall–Kier alpha value is -0.770. The van der Waals surface area contributed by atoms with Gasteiger partial charge in [0.15, 0.2) is 0 Å². The van der Waals surface area contributed by atoms with E-state index in [2.05, 4.69) is 10.6 Å². The largest absolute Gasteiger partial charge is 0.444 e. The number of carbonyl (C=O) groups excluding carboxylic acids is 1. The quantitative estimate of drug-likeness (QED) is 0.760. The highest BCUT2D eigenvalue weighted by atomic mass is 16.6. The molecule has 0 aromatic heterocycles. The summed E-state index contributed by atoms with van der Waals surface area (Å²) in [5, 5.41) is 6.28. The van der Waals surface area contributed by atoms with Crippen LogP contribution in [0.15, 0.2) is 0 Å². The minimum absolute atomic E-state index is 0.304. The van der Waals surface area contributed by atoms with Gasteiger partial charge in [-0.25, -0.2) is 4.79 Å². The zero-order chi connectivity index (χ0) is 13.4. The molecule has 1 unspecified atom stereocenters. The highest BCUT2D eigenvalue weighted by Crippen LogP contribution is 2.16. The van der Waals surface area contributed by atoms with E-state index in [9.17, 15) is 4.79 Å². The van der Waals surface area contributed by atoms with Gasteiger partial charge >= 0.3 is 6.09 Å². The molecule has 1 fully saturated rings. The predicted octanol–water partition coefficient (Wildman–Crippen LogP) is 2.68. The summed E-state index contributed by atoms with van der Waals surface area (Å²) < 4.78 is 5.19. The molecule has 0 aromatic rings. The van der Waals surface area contributed by atoms with Crippen LogP contribution in [0.25, 0.3) is 0 Å². The fourth-order valence-electron chi connectivity index (χ4n) is 2.23. The van der Waals surface area contributed by atoms with Gasteiger partial charge in [0.1, 0.15) is 5.60 Å². The van der Waals surface area contributed by atoms with Crippen molar-refractivity contribution in [1.29, 1.82) is 0 Å². The maximum atomic E-state index is 11.4. The van der Waals surface area contributed by atoms with E-state index in [4.69, 9.17) is 4.74 Å². The molecule has 1 aliphatic heterocycles. The molecule has 0 spiro atoms. The Bertz CT molecular complexity index is 241. The number of hydrogen-bond acceptors (Lipinski definition) is 3. The number of carbonyl (C=O) groups is 1. The van der Waals surface area contributed by atoms with Gasteiger partial charge in [-0.1, -0.05) is 6.42 Å². The van der Waals surface area contributed by atoms with Crippen LogP contribution in [-0.2, 0) is 4.74 Å². The first kappa shape index (κ1) is 15.3. The van der Waals surface area contributed by atoms with Crippen LogP contribution in [0.3, 0.4) is 0 Å². The lowest BCUT2D eigenvalue weighted by Gasteiger charge is -2.20. The van der Waals surface area contributed by atoms with Crippen molar-refractivity contribution in [1.82, 2.24) is 10.6 Å². The molecule has 4 nitrogen and oxygen atoms in total. The first-order valence-electron chi connectivity index (χ1n) is 7.15. The van der Waals surface area contributed by atoms with Crippen molar-refractivity contribution in [3.05, 3.63) is 0 Å². The number of nitrogens with one attached hydrogen (secondary N) is 2. The third-order valence-electron chi connectivity index (χ3n) is 3.11. The summed E-state index contributed by atoms with van der Waals surface area (Å²) in [4.78, 5) is 11.4. The Labute approximate surface area is 111 Å². The van der Waals surface area contributed by atoms with Crippen LogP contribution >= 0.6 is 0 Å². The summed E-state index contributed by atoms with van der Waals surface area (Å²) in [6.45, 7) is 8.64. The molecule has 1 atom stereocenters. The van der Waals surface area contributed by atoms with Crippen molar-refractivity contribution < 1.29 is 9.53 Å². The first-order valence-corrected chi connectivity index (χ1v) is 7.15. The van der Waals surface area contributed by atoms with Crippen molar-refractivity contribution in [3.63, 3.8) is 0 Å². The molecule has 0 aromatic carbocycles. The second-order valence-corrected chi connectivity index (χ2v) is 6.14. The summed E-state index contributed by atoms with van der Waals surface area (Å²) in [7, 11) is 0. The summed E-state index contributed by atoms with van der Waals surface area (Å²) in [6.07, 6.45) is 5.86. The van der Waals surface area contributed by atoms with E-state index in [1.165, 1.54) is 25.7 Å². The van der Waals surface area contributed by atoms with Gasteiger partial charge in [0, 0.05) is 6.54 Å². The lowest BCUT2D eigenvalue weighted by atomic mass is 9.98. The molecule has 18 heavy (non-hydrogen) atoms. The molecule has 106 valence electrons. The number of ether oxygens (including phenoxy) is 1. The van der Waals surface area contributed by atoms with Crippen LogP contribution < -0.4 is 10.6 Å². The molecule has 1 heterocycles. The van der Waals surface area contributed by atoms with E-state index in [0.29, 0.717) is 6.54 Å². The second kappa shape index (κ2) is 7.62. The Morgan fingerprint density at radius 3 is 2.89 bits per heavy atom. The molecule has 1 aliphatic rings. The van der Waals surface area contributed by atoms with Crippen molar-refractivity contribution in [3.8, 4) is 0 Å². The van der Waals surface area contributed by atoms with Crippen LogP contribution in [0.2, 0.25) is 0 Å². The minimum atomic E-state index is -0.407. The van der Waals surface area contributed by atoms with Gasteiger partial charge in [0.05, 0.1) is 0 Å². The smallest absolute Gasteiger partial charge is 0.407 e. The molecule has 0 radical (unpaired) electrons. The molecular formula is C14H28N2O2. The molecule has 0 saturated carbocycles. The third-order valence-corrected chi connectivity index (χ3v) is 3.11. The first-order chi connectivity index (χ1) is 8.47. The zero-order valence-electron chi connectivity index (χ0n) is 12.1. The van der Waals surface area contributed by atoms with Crippen molar-refractivity contribution in [2.75, 3.05) is 19.6 Å². The lowest BCUT2D eigenvalue weighted by molar-refractivity contribution is 0.0526. The predicted molar refractivity (Wildman–Crippen MR) is 73.7 cm³/mol. The maximum Gasteiger partial charge on any atom is 0.407 e. The van der Waals surface area contributed by atoms with E-state index in [1.807, 2.05) is 20.8 Å². The number of rotatable bonds is 4. The second-order valence-electron chi connectivity index (χ2n) is 6.14. The summed E-state index contributed by atoms with van der Waals surface area (Å²) in [5.74, 6) is 0.771. The van der Waals surface area contributed by atoms with Crippen LogP contribution in [-0.4, -0.2) is 31.3 Å². The highest BCUT2D eigenvalue weighted by Gasteiger charge is 2.16. The Kier molecular flexibility index (Phi) is 6.47. The fraction of sp³-hybridized carbons (Fsp3) is 0.929. The van der Waals surface area contributed by atoms with Crippen molar-refractivity contribution >= 4 is 6.09 Å². The normalized spacial score (nSPS) is 21.2. The third kappa shape index (κ3) is 7.54. The summed E-state index contributed by atoms with van der Waals surface area (Å²) >= 11 is 0. The van der Waals surface area contributed by atoms with Gasteiger partial charge in [-0.3, -0.25) is 0 Å². The van der Waals surface area contributed by atoms with Crippen molar-refractivity contribution in [2.24, 2.45) is 5.92 Å². The fourth-order valence-corrected chi connectivity index (χ4v) is 2.23. The lowest BCUT2D eigenvalue weighted by Crippen LogP contribution is -2.33.